The Morgan fingerprint density at radius 2 is 1.66 bits per heavy atom. The lowest BCUT2D eigenvalue weighted by Crippen LogP contribution is -2.50. The number of hydrogen-bond acceptors (Lipinski definition) is 6. The Bertz CT molecular complexity index is 1260. The predicted molar refractivity (Wildman–Crippen MR) is 143 cm³/mol. The van der Waals surface area contributed by atoms with Crippen molar-refractivity contribution in [2.24, 2.45) is 0 Å². The first kappa shape index (κ1) is 26.7. The van der Waals surface area contributed by atoms with Gasteiger partial charge in [-0.1, -0.05) is 36.4 Å². The summed E-state index contributed by atoms with van der Waals surface area (Å²) in [5, 5.41) is 2.95. The van der Waals surface area contributed by atoms with E-state index >= 15 is 0 Å². The second-order valence-corrected chi connectivity index (χ2v) is 9.09. The number of anilines is 1. The Morgan fingerprint density at radius 3 is 2.37 bits per heavy atom. The molecule has 198 valence electrons. The normalized spacial score (nSPS) is 14.3. The summed E-state index contributed by atoms with van der Waals surface area (Å²) in [6.07, 6.45) is 2.17. The van der Waals surface area contributed by atoms with Crippen molar-refractivity contribution in [3.05, 3.63) is 89.5 Å². The summed E-state index contributed by atoms with van der Waals surface area (Å²) in [6, 6.07) is 21.9. The van der Waals surface area contributed by atoms with Crippen LogP contribution in [-0.4, -0.2) is 49.6 Å². The molecule has 38 heavy (non-hydrogen) atoms. The Kier molecular flexibility index (Phi) is 8.98. The maximum atomic E-state index is 13.4. The van der Waals surface area contributed by atoms with Gasteiger partial charge in [-0.2, -0.15) is 0 Å². The maximum absolute atomic E-state index is 13.4. The van der Waals surface area contributed by atoms with Crippen LogP contribution in [-0.2, 0) is 38.5 Å². The van der Waals surface area contributed by atoms with Gasteiger partial charge in [0.15, 0.2) is 6.61 Å². The highest BCUT2D eigenvalue weighted by molar-refractivity contribution is 5.97. The minimum Gasteiger partial charge on any atom is -0.497 e. The topological polar surface area (TPSA) is 94.2 Å². The van der Waals surface area contributed by atoms with Crippen LogP contribution in [0.25, 0.3) is 0 Å². The fourth-order valence-corrected chi connectivity index (χ4v) is 4.48. The maximum Gasteiger partial charge on any atom is 0.343 e. The van der Waals surface area contributed by atoms with Gasteiger partial charge >= 0.3 is 5.97 Å². The van der Waals surface area contributed by atoms with Gasteiger partial charge in [0.25, 0.3) is 0 Å². The van der Waals surface area contributed by atoms with E-state index in [1.54, 1.807) is 42.3 Å². The predicted octanol–water partition coefficient (Wildman–Crippen LogP) is 4.16. The van der Waals surface area contributed by atoms with Crippen LogP contribution in [0.1, 0.15) is 29.5 Å². The molecule has 8 nitrogen and oxygen atoms in total. The van der Waals surface area contributed by atoms with Crippen molar-refractivity contribution < 1.29 is 28.6 Å². The van der Waals surface area contributed by atoms with Gasteiger partial charge in [0.2, 0.25) is 11.8 Å². The van der Waals surface area contributed by atoms with Crippen LogP contribution in [0.5, 0.6) is 11.5 Å². The molecule has 0 bridgehead atoms. The fourth-order valence-electron chi connectivity index (χ4n) is 4.48. The van der Waals surface area contributed by atoms with Crippen molar-refractivity contribution in [2.75, 3.05) is 26.1 Å². The summed E-state index contributed by atoms with van der Waals surface area (Å²) >= 11 is 0. The van der Waals surface area contributed by atoms with E-state index in [1.165, 1.54) is 12.7 Å². The standard InChI is InChI=1S/C30H32N2O6/c1-36-25-15-12-24(13-16-25)31-30(35)27-18-22-11-14-26(38-20-29(34)37-2)17-23(22)19-32(27)28(33)10-6-9-21-7-4-3-5-8-21/h3-5,7-8,11-17,27H,6,9-10,18-20H2,1-2H3,(H,31,35)/t27-/m0/s1. The largest absolute Gasteiger partial charge is 0.497 e. The number of fused-ring (bicyclic) bond motifs is 1. The zero-order valence-electron chi connectivity index (χ0n) is 21.6. The van der Waals surface area contributed by atoms with E-state index in [-0.39, 0.29) is 25.0 Å². The first-order valence-electron chi connectivity index (χ1n) is 12.6. The third-order valence-electron chi connectivity index (χ3n) is 6.57. The molecule has 0 spiro atoms. The molecule has 1 heterocycles. The highest BCUT2D eigenvalue weighted by Crippen LogP contribution is 2.29. The molecule has 4 rings (SSSR count). The number of methoxy groups -OCH3 is 2. The lowest BCUT2D eigenvalue weighted by Gasteiger charge is -2.36. The highest BCUT2D eigenvalue weighted by Gasteiger charge is 2.34. The molecule has 1 aliphatic rings. The molecule has 1 atom stereocenters. The number of benzene rings is 3. The number of nitrogens with zero attached hydrogens (tertiary/aromatic N) is 1. The van der Waals surface area contributed by atoms with Gasteiger partial charge in [-0.25, -0.2) is 4.79 Å². The van der Waals surface area contributed by atoms with Gasteiger partial charge in [0.1, 0.15) is 17.5 Å². The van der Waals surface area contributed by atoms with E-state index < -0.39 is 12.0 Å². The smallest absolute Gasteiger partial charge is 0.343 e. The molecule has 0 fully saturated rings. The molecule has 0 radical (unpaired) electrons. The number of carbonyl (C=O) groups is 3. The molecule has 2 amide bonds. The average Bonchev–Trinajstić information content (AvgIpc) is 2.95. The molecule has 3 aromatic rings. The fraction of sp³-hybridized carbons (Fsp3) is 0.300. The lowest BCUT2D eigenvalue weighted by molar-refractivity contribution is -0.142. The number of aryl methyl sites for hydroxylation is 1. The Labute approximate surface area is 222 Å². The SMILES string of the molecule is COC(=O)COc1ccc2c(c1)CN(C(=O)CCCc1ccccc1)[C@H](C(=O)Nc1ccc(OC)cc1)C2. The quantitative estimate of drug-likeness (QED) is 0.407. The molecular weight excluding hydrogens is 484 g/mol. The van der Waals surface area contributed by atoms with Crippen molar-refractivity contribution in [3.8, 4) is 11.5 Å². The molecule has 0 aliphatic carbocycles. The zero-order valence-corrected chi connectivity index (χ0v) is 21.6. The van der Waals surface area contributed by atoms with E-state index in [2.05, 4.69) is 10.1 Å². The second-order valence-electron chi connectivity index (χ2n) is 9.09. The van der Waals surface area contributed by atoms with Crippen LogP contribution in [0.4, 0.5) is 5.69 Å². The number of nitrogens with one attached hydrogen (secondary N) is 1. The summed E-state index contributed by atoms with van der Waals surface area (Å²) in [6.45, 7) is 0.0694. The summed E-state index contributed by atoms with van der Waals surface area (Å²) in [4.78, 5) is 40.0. The molecule has 0 unspecified atom stereocenters. The lowest BCUT2D eigenvalue weighted by atomic mass is 9.92. The van der Waals surface area contributed by atoms with E-state index in [1.807, 2.05) is 42.5 Å². The third-order valence-corrected chi connectivity index (χ3v) is 6.57. The van der Waals surface area contributed by atoms with Crippen molar-refractivity contribution in [1.82, 2.24) is 4.90 Å². The van der Waals surface area contributed by atoms with Crippen LogP contribution < -0.4 is 14.8 Å². The van der Waals surface area contributed by atoms with E-state index in [4.69, 9.17) is 9.47 Å². The number of hydrogen-bond donors (Lipinski definition) is 1. The number of amides is 2. The van der Waals surface area contributed by atoms with Crippen LogP contribution in [0.3, 0.4) is 0 Å². The highest BCUT2D eigenvalue weighted by atomic mass is 16.6. The summed E-state index contributed by atoms with van der Waals surface area (Å²) in [7, 11) is 2.89. The first-order chi connectivity index (χ1) is 18.5. The van der Waals surface area contributed by atoms with Gasteiger partial charge in [-0.15, -0.1) is 0 Å². The molecule has 3 aromatic carbocycles. The average molecular weight is 517 g/mol. The first-order valence-corrected chi connectivity index (χ1v) is 12.6. The molecule has 1 aliphatic heterocycles. The van der Waals surface area contributed by atoms with Crippen molar-refractivity contribution in [2.45, 2.75) is 38.3 Å². The Morgan fingerprint density at radius 1 is 0.921 bits per heavy atom. The molecular formula is C30H32N2O6. The number of rotatable bonds is 10. The molecule has 1 N–H and O–H groups in total. The van der Waals surface area contributed by atoms with Gasteiger partial charge < -0.3 is 24.4 Å². The van der Waals surface area contributed by atoms with Gasteiger partial charge in [-0.05, 0) is 65.9 Å². The number of ether oxygens (including phenoxy) is 3. The zero-order chi connectivity index (χ0) is 26.9. The van der Waals surface area contributed by atoms with Crippen molar-refractivity contribution >= 4 is 23.5 Å². The second kappa shape index (κ2) is 12.8. The number of esters is 1. The van der Waals surface area contributed by atoms with Gasteiger partial charge in [0, 0.05) is 25.1 Å². The van der Waals surface area contributed by atoms with Crippen molar-refractivity contribution in [1.29, 1.82) is 0 Å². The summed E-state index contributed by atoms with van der Waals surface area (Å²) in [5.74, 6) is 0.389. The van der Waals surface area contributed by atoms with Gasteiger partial charge in [0.05, 0.1) is 14.2 Å². The molecule has 0 saturated carbocycles. The van der Waals surface area contributed by atoms with Crippen LogP contribution >= 0.6 is 0 Å². The van der Waals surface area contributed by atoms with Crippen LogP contribution in [0, 0.1) is 0 Å². The molecule has 0 saturated heterocycles. The van der Waals surface area contributed by atoms with Crippen molar-refractivity contribution in [3.63, 3.8) is 0 Å². The van der Waals surface area contributed by atoms with Crippen LogP contribution in [0.15, 0.2) is 72.8 Å². The molecule has 8 heteroatoms. The number of carbonyl (C=O) groups excluding carboxylic acids is 3. The van der Waals surface area contributed by atoms with E-state index in [0.717, 1.165) is 17.5 Å². The van der Waals surface area contributed by atoms with E-state index in [0.29, 0.717) is 36.4 Å². The molecule has 0 aromatic heterocycles. The minimum atomic E-state index is -0.657. The Hall–Kier alpha value is -4.33. The minimum absolute atomic E-state index is 0.0812. The van der Waals surface area contributed by atoms with Gasteiger partial charge in [-0.3, -0.25) is 9.59 Å². The third kappa shape index (κ3) is 6.91. The van der Waals surface area contributed by atoms with Crippen LogP contribution in [0.2, 0.25) is 0 Å². The summed E-state index contributed by atoms with van der Waals surface area (Å²) < 4.78 is 15.4. The Balaban J connectivity index is 1.50. The summed E-state index contributed by atoms with van der Waals surface area (Å²) in [5.41, 5.74) is 3.64. The van der Waals surface area contributed by atoms with E-state index in [9.17, 15) is 14.4 Å². The monoisotopic (exact) mass is 516 g/mol.